The zero-order valence-electron chi connectivity index (χ0n) is 7.89. The van der Waals surface area contributed by atoms with Crippen molar-refractivity contribution in [1.82, 2.24) is 0 Å². The average Bonchev–Trinajstić information content (AvgIpc) is 2.16. The van der Waals surface area contributed by atoms with Crippen molar-refractivity contribution in [2.45, 2.75) is 0 Å². The third-order valence-corrected chi connectivity index (χ3v) is 1.66. The second kappa shape index (κ2) is 7.00. The molecule has 0 atom stereocenters. The third-order valence-electron chi connectivity index (χ3n) is 1.66. The number of phenolic OH excluding ortho intramolecular Hbond substituents is 1. The Bertz CT molecular complexity index is 469. The van der Waals surface area contributed by atoms with Gasteiger partial charge < -0.3 is 10.6 Å². The molecule has 11 nitrogen and oxygen atoms in total. The van der Waals surface area contributed by atoms with E-state index < -0.39 is 37.6 Å². The molecule has 1 aromatic rings. The zero-order chi connectivity index (χ0) is 12.5. The number of hydrogen-bond acceptors (Lipinski definition) is 7. The molecule has 12 heteroatoms. The van der Waals surface area contributed by atoms with Crippen molar-refractivity contribution in [2.24, 2.45) is 0 Å². The molecular formula is C6H7CaN3O8. The van der Waals surface area contributed by atoms with Crippen molar-refractivity contribution in [3.05, 3.63) is 42.5 Å². The van der Waals surface area contributed by atoms with Crippen LogP contribution in [-0.4, -0.2) is 63.1 Å². The molecule has 18 heavy (non-hydrogen) atoms. The maximum atomic E-state index is 10.4. The first kappa shape index (κ1) is 18.8. The summed E-state index contributed by atoms with van der Waals surface area (Å²) in [7, 11) is 0. The second-order valence-corrected chi connectivity index (χ2v) is 2.60. The van der Waals surface area contributed by atoms with E-state index in [0.29, 0.717) is 12.1 Å². The van der Waals surface area contributed by atoms with Gasteiger partial charge in [0.15, 0.2) is 0 Å². The van der Waals surface area contributed by atoms with Crippen molar-refractivity contribution >= 4 is 54.8 Å². The fraction of sp³-hybridized carbons (Fsp3) is 0. The van der Waals surface area contributed by atoms with E-state index >= 15 is 0 Å². The molecule has 0 aliphatic heterocycles. The average molecular weight is 289 g/mol. The van der Waals surface area contributed by atoms with Crippen LogP contribution in [0, 0.1) is 30.3 Å². The molecule has 0 unspecified atom stereocenters. The van der Waals surface area contributed by atoms with Crippen LogP contribution in [0.4, 0.5) is 17.1 Å². The van der Waals surface area contributed by atoms with E-state index in [2.05, 4.69) is 0 Å². The summed E-state index contributed by atoms with van der Waals surface area (Å²) in [6.45, 7) is 0. The molecule has 96 valence electrons. The van der Waals surface area contributed by atoms with Crippen LogP contribution in [0.25, 0.3) is 0 Å². The Morgan fingerprint density at radius 1 is 0.889 bits per heavy atom. The second-order valence-electron chi connectivity index (χ2n) is 2.60. The first-order valence-corrected chi connectivity index (χ1v) is 3.64. The van der Waals surface area contributed by atoms with Crippen LogP contribution in [0.2, 0.25) is 0 Å². The van der Waals surface area contributed by atoms with Crippen LogP contribution in [0.5, 0.6) is 5.75 Å². The SMILES string of the molecule is O.O=[N+]([O-])c1cc([N+](=O)[O-])c(O)c([N+](=O)[O-])c1.[CaH2]. The minimum absolute atomic E-state index is 0. The summed E-state index contributed by atoms with van der Waals surface area (Å²) in [6, 6.07) is 0.894. The molecule has 3 N–H and O–H groups in total. The van der Waals surface area contributed by atoms with Crippen LogP contribution in [0.3, 0.4) is 0 Å². The summed E-state index contributed by atoms with van der Waals surface area (Å²) >= 11 is 0. The van der Waals surface area contributed by atoms with Crippen molar-refractivity contribution < 1.29 is 25.4 Å². The van der Waals surface area contributed by atoms with Gasteiger partial charge in [0.1, 0.15) is 0 Å². The Labute approximate surface area is 128 Å². The molecule has 0 aromatic heterocycles. The summed E-state index contributed by atoms with van der Waals surface area (Å²) in [6.07, 6.45) is 0. The molecule has 0 spiro atoms. The van der Waals surface area contributed by atoms with E-state index in [1.807, 2.05) is 0 Å². The maximum absolute atomic E-state index is 10.4. The van der Waals surface area contributed by atoms with E-state index in [-0.39, 0.29) is 43.2 Å². The summed E-state index contributed by atoms with van der Waals surface area (Å²) in [5.74, 6) is -1.21. The topological polar surface area (TPSA) is 181 Å². The van der Waals surface area contributed by atoms with E-state index in [1.54, 1.807) is 0 Å². The Balaban J connectivity index is 0. The Hall–Kier alpha value is -1.56. The van der Waals surface area contributed by atoms with Crippen LogP contribution in [0.1, 0.15) is 0 Å². The normalized spacial score (nSPS) is 8.67. The molecule has 1 aromatic carbocycles. The predicted molar refractivity (Wildman–Crippen MR) is 60.2 cm³/mol. The number of nitro groups is 3. The Morgan fingerprint density at radius 2 is 1.22 bits per heavy atom. The first-order chi connectivity index (χ1) is 7.34. The van der Waals surface area contributed by atoms with Crippen LogP contribution in [-0.2, 0) is 0 Å². The standard InChI is InChI=1S/C6H3N3O7.Ca.H2O.2H/c10-6-4(8(13)14)1-3(7(11)12)2-5(6)9(15)16;;;;/h1-2,10H;;1H2;;. The predicted octanol–water partition coefficient (Wildman–Crippen LogP) is -0.624. The molecule has 0 fully saturated rings. The van der Waals surface area contributed by atoms with Crippen molar-refractivity contribution in [1.29, 1.82) is 0 Å². The van der Waals surface area contributed by atoms with E-state index in [4.69, 9.17) is 5.11 Å². The molecular weight excluding hydrogens is 282 g/mol. The molecule has 0 heterocycles. The summed E-state index contributed by atoms with van der Waals surface area (Å²) < 4.78 is 0. The van der Waals surface area contributed by atoms with Crippen molar-refractivity contribution in [2.75, 3.05) is 0 Å². The Kier molecular flexibility index (Phi) is 7.31. The molecule has 0 saturated heterocycles. The number of phenols is 1. The number of nitrogens with zero attached hydrogens (tertiary/aromatic N) is 3. The van der Waals surface area contributed by atoms with Crippen LogP contribution >= 0.6 is 0 Å². The van der Waals surface area contributed by atoms with Gasteiger partial charge in [-0.25, -0.2) is 0 Å². The number of aromatic hydroxyl groups is 1. The van der Waals surface area contributed by atoms with Gasteiger partial charge in [0, 0.05) is 0 Å². The molecule has 0 bridgehead atoms. The van der Waals surface area contributed by atoms with Gasteiger partial charge in [-0.1, -0.05) is 0 Å². The number of nitro benzene ring substituents is 3. The van der Waals surface area contributed by atoms with Gasteiger partial charge >= 0.3 is 49.1 Å². The number of rotatable bonds is 3. The number of non-ortho nitro benzene ring substituents is 1. The van der Waals surface area contributed by atoms with Gasteiger partial charge in [0.05, 0.1) is 26.9 Å². The van der Waals surface area contributed by atoms with Gasteiger partial charge in [-0.2, -0.15) is 0 Å². The van der Waals surface area contributed by atoms with Gasteiger partial charge in [0.25, 0.3) is 11.4 Å². The van der Waals surface area contributed by atoms with Crippen molar-refractivity contribution in [3.8, 4) is 5.75 Å². The van der Waals surface area contributed by atoms with Gasteiger partial charge in [-0.3, -0.25) is 30.3 Å². The van der Waals surface area contributed by atoms with Crippen molar-refractivity contribution in [3.63, 3.8) is 0 Å². The van der Waals surface area contributed by atoms with Gasteiger partial charge in [-0.05, 0) is 0 Å². The quantitative estimate of drug-likeness (QED) is 0.436. The van der Waals surface area contributed by atoms with E-state index in [0.717, 1.165) is 0 Å². The number of benzene rings is 1. The van der Waals surface area contributed by atoms with E-state index in [1.165, 1.54) is 0 Å². The van der Waals surface area contributed by atoms with E-state index in [9.17, 15) is 30.3 Å². The molecule has 0 amide bonds. The minimum atomic E-state index is -1.21. The summed E-state index contributed by atoms with van der Waals surface area (Å²) in [4.78, 5) is 27.8. The fourth-order valence-electron chi connectivity index (χ4n) is 0.974. The molecule has 0 radical (unpaired) electrons. The van der Waals surface area contributed by atoms with Crippen LogP contribution < -0.4 is 0 Å². The summed E-state index contributed by atoms with van der Waals surface area (Å²) in [5.41, 5.74) is -3.00. The Morgan fingerprint density at radius 3 is 1.44 bits per heavy atom. The summed E-state index contributed by atoms with van der Waals surface area (Å²) in [5, 5.41) is 40.2. The monoisotopic (exact) mass is 289 g/mol. The molecule has 1 rings (SSSR count). The third kappa shape index (κ3) is 3.73. The zero-order valence-corrected chi connectivity index (χ0v) is 7.89. The molecule has 0 saturated carbocycles. The first-order valence-electron chi connectivity index (χ1n) is 3.64. The fourth-order valence-corrected chi connectivity index (χ4v) is 0.974. The number of hydrogen-bond donors (Lipinski definition) is 1. The molecule has 0 aliphatic carbocycles. The molecule has 0 aliphatic rings. The van der Waals surface area contributed by atoms with Crippen LogP contribution in [0.15, 0.2) is 12.1 Å². The van der Waals surface area contributed by atoms with Gasteiger partial charge in [0.2, 0.25) is 0 Å². The van der Waals surface area contributed by atoms with Gasteiger partial charge in [-0.15, -0.1) is 0 Å².